The number of methoxy groups -OCH3 is 1. The number of fused-ring (bicyclic) bond motifs is 1. The number of nitrogens with zero attached hydrogens (tertiary/aromatic N) is 2. The lowest BCUT2D eigenvalue weighted by atomic mass is 9.96. The SMILES string of the molecule is COc1ccc2c(c1)CN(CC1CCN(C(=O)O)CC1)C2=O. The molecule has 6 nitrogen and oxygen atoms in total. The molecule has 1 aromatic rings. The topological polar surface area (TPSA) is 70.1 Å². The standard InChI is InChI=1S/C16H20N2O4/c1-22-13-2-3-14-12(8-13)10-18(15(14)19)9-11-4-6-17(7-5-11)16(20)21/h2-3,8,11H,4-7,9-10H2,1H3,(H,20,21). The van der Waals surface area contributed by atoms with Gasteiger partial charge in [0.25, 0.3) is 5.91 Å². The van der Waals surface area contributed by atoms with Crippen molar-refractivity contribution >= 4 is 12.0 Å². The molecule has 0 unspecified atom stereocenters. The number of carbonyl (C=O) groups is 2. The van der Waals surface area contributed by atoms with Crippen LogP contribution in [0.1, 0.15) is 28.8 Å². The first-order chi connectivity index (χ1) is 10.6. The van der Waals surface area contributed by atoms with Crippen molar-refractivity contribution < 1.29 is 19.4 Å². The average Bonchev–Trinajstić information content (AvgIpc) is 2.83. The monoisotopic (exact) mass is 304 g/mol. The molecule has 2 heterocycles. The van der Waals surface area contributed by atoms with Gasteiger partial charge in [0.2, 0.25) is 0 Å². The van der Waals surface area contributed by atoms with Crippen molar-refractivity contribution in [3.63, 3.8) is 0 Å². The molecule has 1 aromatic carbocycles. The molecule has 0 aliphatic carbocycles. The zero-order valence-electron chi connectivity index (χ0n) is 12.6. The molecular weight excluding hydrogens is 284 g/mol. The van der Waals surface area contributed by atoms with Gasteiger partial charge in [-0.25, -0.2) is 4.79 Å². The Morgan fingerprint density at radius 2 is 2.09 bits per heavy atom. The smallest absolute Gasteiger partial charge is 0.407 e. The summed E-state index contributed by atoms with van der Waals surface area (Å²) in [5.74, 6) is 1.21. The van der Waals surface area contributed by atoms with Gasteiger partial charge in [-0.2, -0.15) is 0 Å². The summed E-state index contributed by atoms with van der Waals surface area (Å²) in [5.41, 5.74) is 1.76. The molecule has 1 fully saturated rings. The van der Waals surface area contributed by atoms with Crippen LogP contribution in [0.5, 0.6) is 5.75 Å². The van der Waals surface area contributed by atoms with E-state index in [-0.39, 0.29) is 5.91 Å². The third-order valence-corrected chi connectivity index (χ3v) is 4.55. The first kappa shape index (κ1) is 14.7. The number of carboxylic acid groups (broad SMARTS) is 1. The van der Waals surface area contributed by atoms with Crippen LogP contribution >= 0.6 is 0 Å². The van der Waals surface area contributed by atoms with Crippen LogP contribution in [0.2, 0.25) is 0 Å². The van der Waals surface area contributed by atoms with Crippen molar-refractivity contribution in [1.82, 2.24) is 9.80 Å². The molecule has 3 rings (SSSR count). The van der Waals surface area contributed by atoms with Crippen molar-refractivity contribution in [2.75, 3.05) is 26.7 Å². The van der Waals surface area contributed by atoms with Crippen molar-refractivity contribution in [3.05, 3.63) is 29.3 Å². The predicted molar refractivity (Wildman–Crippen MR) is 80.1 cm³/mol. The van der Waals surface area contributed by atoms with E-state index in [1.54, 1.807) is 7.11 Å². The molecule has 0 radical (unpaired) electrons. The van der Waals surface area contributed by atoms with Crippen LogP contribution in [-0.4, -0.2) is 53.7 Å². The number of benzene rings is 1. The van der Waals surface area contributed by atoms with Gasteiger partial charge in [0.05, 0.1) is 7.11 Å². The van der Waals surface area contributed by atoms with Crippen molar-refractivity contribution in [3.8, 4) is 5.75 Å². The molecule has 2 aliphatic rings. The number of amides is 2. The Bertz CT molecular complexity index is 594. The quantitative estimate of drug-likeness (QED) is 0.927. The Morgan fingerprint density at radius 3 is 2.73 bits per heavy atom. The second kappa shape index (κ2) is 5.87. The molecule has 6 heteroatoms. The molecule has 22 heavy (non-hydrogen) atoms. The number of hydrogen-bond donors (Lipinski definition) is 1. The van der Waals surface area contributed by atoms with Gasteiger partial charge in [-0.1, -0.05) is 0 Å². The Kier molecular flexibility index (Phi) is 3.92. The van der Waals surface area contributed by atoms with Gasteiger partial charge < -0.3 is 19.6 Å². The molecule has 0 saturated carbocycles. The number of piperidine rings is 1. The van der Waals surface area contributed by atoms with Crippen LogP contribution in [0.3, 0.4) is 0 Å². The van der Waals surface area contributed by atoms with Gasteiger partial charge >= 0.3 is 6.09 Å². The number of likely N-dealkylation sites (tertiary alicyclic amines) is 1. The first-order valence-corrected chi connectivity index (χ1v) is 7.52. The Labute approximate surface area is 129 Å². The Balaban J connectivity index is 1.61. The number of ether oxygens (including phenoxy) is 1. The van der Waals surface area contributed by atoms with E-state index in [1.165, 1.54) is 4.90 Å². The van der Waals surface area contributed by atoms with Crippen LogP contribution in [0.25, 0.3) is 0 Å². The lowest BCUT2D eigenvalue weighted by molar-refractivity contribution is 0.0707. The van der Waals surface area contributed by atoms with Crippen LogP contribution in [0.4, 0.5) is 4.79 Å². The van der Waals surface area contributed by atoms with E-state index in [4.69, 9.17) is 9.84 Å². The molecule has 1 saturated heterocycles. The molecule has 0 bridgehead atoms. The molecule has 0 aromatic heterocycles. The predicted octanol–water partition coefficient (Wildman–Crippen LogP) is 2.04. The Hall–Kier alpha value is -2.24. The summed E-state index contributed by atoms with van der Waals surface area (Å²) in [5, 5.41) is 8.97. The normalized spacial score (nSPS) is 18.5. The number of carbonyl (C=O) groups excluding carboxylic acids is 1. The summed E-state index contributed by atoms with van der Waals surface area (Å²) in [7, 11) is 1.62. The van der Waals surface area contributed by atoms with Gasteiger partial charge in [-0.05, 0) is 42.5 Å². The van der Waals surface area contributed by atoms with Crippen molar-refractivity contribution in [2.45, 2.75) is 19.4 Å². The summed E-state index contributed by atoms with van der Waals surface area (Å²) in [6, 6.07) is 5.55. The fourth-order valence-corrected chi connectivity index (χ4v) is 3.25. The first-order valence-electron chi connectivity index (χ1n) is 7.52. The highest BCUT2D eigenvalue weighted by Gasteiger charge is 2.31. The summed E-state index contributed by atoms with van der Waals surface area (Å²) in [6.07, 6.45) is 0.779. The minimum atomic E-state index is -0.852. The summed E-state index contributed by atoms with van der Waals surface area (Å²) in [6.45, 7) is 2.43. The highest BCUT2D eigenvalue weighted by atomic mass is 16.5. The maximum Gasteiger partial charge on any atom is 0.407 e. The zero-order chi connectivity index (χ0) is 15.7. The minimum absolute atomic E-state index is 0.0679. The van der Waals surface area contributed by atoms with Gasteiger partial charge in [0.1, 0.15) is 5.75 Å². The van der Waals surface area contributed by atoms with Crippen molar-refractivity contribution in [1.29, 1.82) is 0 Å². The van der Waals surface area contributed by atoms with E-state index in [9.17, 15) is 9.59 Å². The zero-order valence-corrected chi connectivity index (χ0v) is 12.6. The van der Waals surface area contributed by atoms with Gasteiger partial charge in [0.15, 0.2) is 0 Å². The fraction of sp³-hybridized carbons (Fsp3) is 0.500. The summed E-state index contributed by atoms with van der Waals surface area (Å²) in [4.78, 5) is 26.7. The summed E-state index contributed by atoms with van der Waals surface area (Å²) >= 11 is 0. The van der Waals surface area contributed by atoms with Crippen LogP contribution in [0.15, 0.2) is 18.2 Å². The van der Waals surface area contributed by atoms with Gasteiger partial charge in [-0.3, -0.25) is 4.79 Å². The molecule has 1 N–H and O–H groups in total. The number of rotatable bonds is 3. The highest BCUT2D eigenvalue weighted by Crippen LogP contribution is 2.29. The maximum absolute atomic E-state index is 12.4. The molecule has 0 spiro atoms. The fourth-order valence-electron chi connectivity index (χ4n) is 3.25. The molecule has 2 aliphatic heterocycles. The second-order valence-corrected chi connectivity index (χ2v) is 5.92. The third-order valence-electron chi connectivity index (χ3n) is 4.55. The summed E-state index contributed by atoms with van der Waals surface area (Å²) < 4.78 is 5.20. The Morgan fingerprint density at radius 1 is 1.36 bits per heavy atom. The lowest BCUT2D eigenvalue weighted by Crippen LogP contribution is -2.41. The maximum atomic E-state index is 12.4. The molecular formula is C16H20N2O4. The van der Waals surface area contributed by atoms with E-state index >= 15 is 0 Å². The largest absolute Gasteiger partial charge is 0.497 e. The molecule has 118 valence electrons. The third kappa shape index (κ3) is 2.73. The minimum Gasteiger partial charge on any atom is -0.497 e. The van der Waals surface area contributed by atoms with Crippen LogP contribution in [0, 0.1) is 5.92 Å². The van der Waals surface area contributed by atoms with E-state index in [2.05, 4.69) is 0 Å². The van der Waals surface area contributed by atoms with Crippen LogP contribution < -0.4 is 4.74 Å². The van der Waals surface area contributed by atoms with E-state index < -0.39 is 6.09 Å². The average molecular weight is 304 g/mol. The van der Waals surface area contributed by atoms with Gasteiger partial charge in [0, 0.05) is 31.7 Å². The number of hydrogen-bond acceptors (Lipinski definition) is 3. The van der Waals surface area contributed by atoms with Crippen LogP contribution in [-0.2, 0) is 6.54 Å². The van der Waals surface area contributed by atoms with Crippen molar-refractivity contribution in [2.24, 2.45) is 5.92 Å². The molecule has 0 atom stereocenters. The van der Waals surface area contributed by atoms with Gasteiger partial charge in [-0.15, -0.1) is 0 Å². The van der Waals surface area contributed by atoms with E-state index in [1.807, 2.05) is 23.1 Å². The molecule has 2 amide bonds. The second-order valence-electron chi connectivity index (χ2n) is 5.92. The van der Waals surface area contributed by atoms with E-state index in [0.717, 1.165) is 29.7 Å². The lowest BCUT2D eigenvalue weighted by Gasteiger charge is -2.32. The highest BCUT2D eigenvalue weighted by molar-refractivity contribution is 5.98. The van der Waals surface area contributed by atoms with E-state index in [0.29, 0.717) is 32.1 Å².